The van der Waals surface area contributed by atoms with E-state index in [4.69, 9.17) is 9.98 Å². The van der Waals surface area contributed by atoms with E-state index < -0.39 is 0 Å². The van der Waals surface area contributed by atoms with Gasteiger partial charge in [-0.05, 0) is 69.1 Å². The van der Waals surface area contributed by atoms with Gasteiger partial charge in [0.1, 0.15) is 0 Å². The first-order valence-electron chi connectivity index (χ1n) is 11.4. The van der Waals surface area contributed by atoms with Gasteiger partial charge in [-0.25, -0.2) is 0 Å². The number of nitrogens with zero attached hydrogens (tertiary/aromatic N) is 2. The fraction of sp³-hybridized carbons (Fsp3) is 0.133. The number of aromatic nitrogens is 1. The minimum absolute atomic E-state index is 0.258. The lowest BCUT2D eigenvalue weighted by atomic mass is 9.70. The van der Waals surface area contributed by atoms with Crippen molar-refractivity contribution in [2.24, 2.45) is 10.9 Å². The van der Waals surface area contributed by atoms with Gasteiger partial charge >= 0.3 is 0 Å². The van der Waals surface area contributed by atoms with E-state index in [0.29, 0.717) is 5.92 Å². The predicted octanol–water partition coefficient (Wildman–Crippen LogP) is 6.28. The molecule has 3 aromatic carbocycles. The molecule has 1 aliphatic heterocycles. The normalized spacial score (nSPS) is 24.6. The fourth-order valence-electron chi connectivity index (χ4n) is 6.80. The number of allylic oxidation sites excluding steroid dienone is 1. The summed E-state index contributed by atoms with van der Waals surface area (Å²) >= 11 is 0. The van der Waals surface area contributed by atoms with Gasteiger partial charge in [-0.2, -0.15) is 0 Å². The van der Waals surface area contributed by atoms with Crippen LogP contribution >= 0.6 is 0 Å². The maximum atomic E-state index is 4.87. The van der Waals surface area contributed by atoms with Gasteiger partial charge in [-0.1, -0.05) is 66.7 Å². The highest BCUT2D eigenvalue weighted by atomic mass is 14.8. The number of aliphatic imine (C=N–C) groups is 1. The number of dihydropyridines is 1. The predicted molar refractivity (Wildman–Crippen MR) is 128 cm³/mol. The minimum atomic E-state index is -0.298. The van der Waals surface area contributed by atoms with Crippen LogP contribution in [-0.2, 0) is 11.8 Å². The van der Waals surface area contributed by atoms with Crippen molar-refractivity contribution in [3.05, 3.63) is 125 Å². The Kier molecular flexibility index (Phi) is 3.01. The Bertz CT molecular complexity index is 1480. The summed E-state index contributed by atoms with van der Waals surface area (Å²) in [5, 5.41) is 0. The summed E-state index contributed by atoms with van der Waals surface area (Å²) in [6.45, 7) is 0. The molecule has 0 saturated heterocycles. The van der Waals surface area contributed by atoms with Gasteiger partial charge in [0.25, 0.3) is 0 Å². The lowest BCUT2D eigenvalue weighted by Crippen LogP contribution is -2.26. The van der Waals surface area contributed by atoms with Crippen LogP contribution in [0, 0.1) is 5.92 Å². The first-order chi connectivity index (χ1) is 15.9. The topological polar surface area (TPSA) is 25.2 Å². The average molecular weight is 409 g/mol. The van der Waals surface area contributed by atoms with E-state index in [1.54, 1.807) is 0 Å². The molecule has 0 bridgehead atoms. The summed E-state index contributed by atoms with van der Waals surface area (Å²) in [5.74, 6) is 0.480. The third-order valence-electron chi connectivity index (χ3n) is 7.97. The number of pyridine rings is 1. The summed E-state index contributed by atoms with van der Waals surface area (Å²) in [7, 11) is 0. The third kappa shape index (κ3) is 1.80. The van der Waals surface area contributed by atoms with Crippen molar-refractivity contribution in [1.82, 2.24) is 4.98 Å². The van der Waals surface area contributed by atoms with Crippen LogP contribution < -0.4 is 0 Å². The molecule has 32 heavy (non-hydrogen) atoms. The van der Waals surface area contributed by atoms with E-state index in [9.17, 15) is 0 Å². The first-order valence-corrected chi connectivity index (χ1v) is 11.4. The molecule has 3 aliphatic carbocycles. The third-order valence-corrected chi connectivity index (χ3v) is 7.97. The van der Waals surface area contributed by atoms with E-state index in [1.165, 1.54) is 50.1 Å². The lowest BCUT2D eigenvalue weighted by molar-refractivity contribution is 0.568. The van der Waals surface area contributed by atoms with Gasteiger partial charge < -0.3 is 0 Å². The minimum Gasteiger partial charge on any atom is -0.284 e. The Morgan fingerprint density at radius 1 is 0.750 bits per heavy atom. The average Bonchev–Trinajstić information content (AvgIpc) is 3.46. The maximum Gasteiger partial charge on any atom is 0.0817 e. The molecule has 3 unspecified atom stereocenters. The molecule has 2 heterocycles. The van der Waals surface area contributed by atoms with Crippen LogP contribution in [0.4, 0.5) is 0 Å². The summed E-state index contributed by atoms with van der Waals surface area (Å²) in [5.41, 5.74) is 13.1. The van der Waals surface area contributed by atoms with Crippen molar-refractivity contribution in [3.63, 3.8) is 0 Å². The highest BCUT2D eigenvalue weighted by molar-refractivity contribution is 5.94. The quantitative estimate of drug-likeness (QED) is 0.290. The van der Waals surface area contributed by atoms with Crippen LogP contribution in [0.2, 0.25) is 0 Å². The number of rotatable bonds is 0. The first kappa shape index (κ1) is 16.9. The van der Waals surface area contributed by atoms with E-state index in [1.807, 2.05) is 12.4 Å². The van der Waals surface area contributed by atoms with E-state index >= 15 is 0 Å². The van der Waals surface area contributed by atoms with Crippen LogP contribution in [-0.4, -0.2) is 11.2 Å². The summed E-state index contributed by atoms with van der Waals surface area (Å²) < 4.78 is 0. The fourth-order valence-corrected chi connectivity index (χ4v) is 6.80. The lowest BCUT2D eigenvalue weighted by Gasteiger charge is -2.30. The molecular weight excluding hydrogens is 388 g/mol. The summed E-state index contributed by atoms with van der Waals surface area (Å²) in [6, 6.07) is 27.4. The number of fused-ring (bicyclic) bond motifs is 13. The number of hydrogen-bond donors (Lipinski definition) is 0. The zero-order chi connectivity index (χ0) is 20.9. The van der Waals surface area contributed by atoms with Gasteiger partial charge in [-0.15, -0.1) is 0 Å². The highest BCUT2D eigenvalue weighted by Crippen LogP contribution is 2.63. The Hall–Kier alpha value is -3.78. The smallest absolute Gasteiger partial charge is 0.0817 e. The van der Waals surface area contributed by atoms with Crippen molar-refractivity contribution < 1.29 is 0 Å². The molecule has 0 radical (unpaired) electrons. The van der Waals surface area contributed by atoms with Crippen LogP contribution in [0.25, 0.3) is 22.4 Å². The zero-order valence-electron chi connectivity index (χ0n) is 17.5. The molecule has 4 aromatic rings. The second-order valence-corrected chi connectivity index (χ2v) is 9.33. The largest absolute Gasteiger partial charge is 0.284 e. The molecule has 4 aliphatic rings. The second kappa shape index (κ2) is 5.72. The number of hydrogen-bond acceptors (Lipinski definition) is 2. The molecule has 3 atom stereocenters. The van der Waals surface area contributed by atoms with E-state index in [-0.39, 0.29) is 11.5 Å². The van der Waals surface area contributed by atoms with Crippen molar-refractivity contribution in [2.75, 3.05) is 0 Å². The van der Waals surface area contributed by atoms with Crippen molar-refractivity contribution in [2.45, 2.75) is 17.9 Å². The van der Waals surface area contributed by atoms with Gasteiger partial charge in [0.05, 0.1) is 17.2 Å². The van der Waals surface area contributed by atoms with E-state index in [0.717, 1.165) is 12.1 Å². The SMILES string of the molecule is C1=CC2Cc3cc4c(cc3C2N=C1)-c1ccccc1C41c2ccccc2-c2ncccc21. The van der Waals surface area contributed by atoms with Gasteiger partial charge in [0, 0.05) is 23.9 Å². The van der Waals surface area contributed by atoms with Crippen molar-refractivity contribution >= 4 is 6.21 Å². The molecule has 1 spiro atoms. The molecule has 0 amide bonds. The molecule has 1 aromatic heterocycles. The van der Waals surface area contributed by atoms with Crippen LogP contribution in [0.15, 0.2) is 96.1 Å². The molecule has 2 heteroatoms. The monoisotopic (exact) mass is 408 g/mol. The molecule has 0 N–H and O–H groups in total. The summed E-state index contributed by atoms with van der Waals surface area (Å²) in [4.78, 5) is 9.72. The zero-order valence-corrected chi connectivity index (χ0v) is 17.5. The van der Waals surface area contributed by atoms with Crippen molar-refractivity contribution in [1.29, 1.82) is 0 Å². The Morgan fingerprint density at radius 2 is 1.53 bits per heavy atom. The van der Waals surface area contributed by atoms with Gasteiger partial charge in [0.2, 0.25) is 0 Å². The molecule has 150 valence electrons. The van der Waals surface area contributed by atoms with Crippen LogP contribution in [0.5, 0.6) is 0 Å². The Labute approximate surface area is 187 Å². The molecule has 8 rings (SSSR count). The molecule has 2 nitrogen and oxygen atoms in total. The Morgan fingerprint density at radius 3 is 2.44 bits per heavy atom. The van der Waals surface area contributed by atoms with Crippen LogP contribution in [0.3, 0.4) is 0 Å². The second-order valence-electron chi connectivity index (χ2n) is 9.33. The molecule has 0 saturated carbocycles. The molecule has 0 fully saturated rings. The standard InChI is InChI=1S/C30H20N2/c1-3-10-24-20(8-1)23-17-22-19(15-18-7-5-13-31-28(18)22)16-27(23)30(24)25-11-4-2-9-21(25)29-26(30)12-6-14-32-29/h1-14,16-18,28H,15H2. The van der Waals surface area contributed by atoms with Crippen LogP contribution in [0.1, 0.15) is 39.4 Å². The maximum absolute atomic E-state index is 4.87. The molecular formula is C30H20N2. The summed E-state index contributed by atoms with van der Waals surface area (Å²) in [6.07, 6.45) is 9.39. The van der Waals surface area contributed by atoms with Gasteiger partial charge in [-0.3, -0.25) is 9.98 Å². The van der Waals surface area contributed by atoms with E-state index in [2.05, 4.69) is 84.9 Å². The highest BCUT2D eigenvalue weighted by Gasteiger charge is 2.52. The number of benzene rings is 3. The van der Waals surface area contributed by atoms with Gasteiger partial charge in [0.15, 0.2) is 0 Å². The Balaban J connectivity index is 1.52. The van der Waals surface area contributed by atoms with Crippen molar-refractivity contribution in [3.8, 4) is 22.4 Å².